The molecule has 3 aromatic rings. The van der Waals surface area contributed by atoms with Gasteiger partial charge in [-0.05, 0) is 18.1 Å². The molecular weight excluding hydrogens is 346 g/mol. The van der Waals surface area contributed by atoms with E-state index in [2.05, 4.69) is 27.0 Å². The Balaban J connectivity index is 1.58. The van der Waals surface area contributed by atoms with E-state index in [9.17, 15) is 4.79 Å². The second kappa shape index (κ2) is 7.22. The van der Waals surface area contributed by atoms with Gasteiger partial charge in [-0.25, -0.2) is 4.98 Å². The summed E-state index contributed by atoms with van der Waals surface area (Å²) >= 11 is 0. The topological polar surface area (TPSA) is 97.1 Å². The molecule has 0 aliphatic carbocycles. The molecule has 140 valence electrons. The quantitative estimate of drug-likeness (QED) is 0.738. The molecular formula is C19H21N5O3. The fourth-order valence-corrected chi connectivity index (χ4v) is 3.10. The predicted molar refractivity (Wildman–Crippen MR) is 98.8 cm³/mol. The van der Waals surface area contributed by atoms with Crippen molar-refractivity contribution in [2.75, 3.05) is 11.9 Å². The van der Waals surface area contributed by atoms with Crippen LogP contribution >= 0.6 is 0 Å². The lowest BCUT2D eigenvalue weighted by atomic mass is 10.1. The summed E-state index contributed by atoms with van der Waals surface area (Å²) in [6.07, 6.45) is 2.23. The third-order valence-electron chi connectivity index (χ3n) is 4.51. The Morgan fingerprint density at radius 2 is 2.11 bits per heavy atom. The van der Waals surface area contributed by atoms with Crippen LogP contribution in [0, 0.1) is 0 Å². The molecule has 0 radical (unpaired) electrons. The van der Waals surface area contributed by atoms with E-state index in [-0.39, 0.29) is 12.2 Å². The van der Waals surface area contributed by atoms with E-state index >= 15 is 0 Å². The lowest BCUT2D eigenvalue weighted by molar-refractivity contribution is 0.302. The van der Waals surface area contributed by atoms with Gasteiger partial charge in [0.25, 0.3) is 5.56 Å². The average molecular weight is 367 g/mol. The first kappa shape index (κ1) is 17.3. The fourth-order valence-electron chi connectivity index (χ4n) is 3.10. The summed E-state index contributed by atoms with van der Waals surface area (Å²) in [6, 6.07) is 7.73. The van der Waals surface area contributed by atoms with E-state index in [1.54, 1.807) is 4.90 Å². The fraction of sp³-hybridized carbons (Fsp3) is 0.368. The highest BCUT2D eigenvalue weighted by atomic mass is 16.5. The summed E-state index contributed by atoms with van der Waals surface area (Å²) in [6.45, 7) is 2.69. The van der Waals surface area contributed by atoms with Gasteiger partial charge in [-0.3, -0.25) is 9.78 Å². The zero-order valence-corrected chi connectivity index (χ0v) is 15.4. The van der Waals surface area contributed by atoms with Crippen LogP contribution in [0.3, 0.4) is 0 Å². The zero-order valence-electron chi connectivity index (χ0n) is 15.4. The number of ether oxygens (including phenoxy) is 1. The normalized spacial score (nSPS) is 12.7. The Kier molecular flexibility index (Phi) is 4.62. The lowest BCUT2D eigenvalue weighted by Gasteiger charge is -2.16. The van der Waals surface area contributed by atoms with Crippen LogP contribution in [0.5, 0.6) is 5.75 Å². The number of fused-ring (bicyclic) bond motifs is 2. The van der Waals surface area contributed by atoms with Crippen LogP contribution < -0.4 is 15.2 Å². The molecule has 0 saturated carbocycles. The average Bonchev–Trinajstić information content (AvgIpc) is 3.00. The van der Waals surface area contributed by atoms with Crippen molar-refractivity contribution in [3.8, 4) is 5.75 Å². The predicted octanol–water partition coefficient (Wildman–Crippen LogP) is 2.23. The number of nitrogens with one attached hydrogen (secondary N) is 1. The number of nitrogens with zero attached hydrogens (tertiary/aromatic N) is 4. The van der Waals surface area contributed by atoms with Crippen molar-refractivity contribution in [3.63, 3.8) is 0 Å². The first-order chi connectivity index (χ1) is 13.1. The first-order valence-electron chi connectivity index (χ1n) is 8.99. The number of para-hydroxylation sites is 1. The minimum atomic E-state index is -0.153. The summed E-state index contributed by atoms with van der Waals surface area (Å²) in [5, 5.41) is 3.95. The molecule has 8 heteroatoms. The number of aromatic amines is 1. The summed E-state index contributed by atoms with van der Waals surface area (Å²) in [5.74, 6) is 2.42. The summed E-state index contributed by atoms with van der Waals surface area (Å²) in [5.41, 5.74) is 2.12. The highest BCUT2D eigenvalue weighted by molar-refractivity contribution is 5.42. The van der Waals surface area contributed by atoms with Crippen molar-refractivity contribution in [1.82, 2.24) is 20.1 Å². The van der Waals surface area contributed by atoms with Gasteiger partial charge >= 0.3 is 0 Å². The number of hydrogen-bond acceptors (Lipinski definition) is 7. The van der Waals surface area contributed by atoms with Crippen LogP contribution in [-0.2, 0) is 26.0 Å². The van der Waals surface area contributed by atoms with Gasteiger partial charge in [-0.2, -0.15) is 4.98 Å². The third kappa shape index (κ3) is 3.55. The maximum Gasteiger partial charge on any atom is 0.256 e. The molecule has 27 heavy (non-hydrogen) atoms. The molecule has 4 rings (SSSR count). The van der Waals surface area contributed by atoms with Gasteiger partial charge in [0.1, 0.15) is 12.4 Å². The number of aryl methyl sites for hydroxylation is 1. The van der Waals surface area contributed by atoms with Gasteiger partial charge in [0.2, 0.25) is 11.8 Å². The van der Waals surface area contributed by atoms with Gasteiger partial charge in [0.05, 0.1) is 12.2 Å². The molecule has 0 atom stereocenters. The van der Waals surface area contributed by atoms with Crippen molar-refractivity contribution in [1.29, 1.82) is 0 Å². The highest BCUT2D eigenvalue weighted by Crippen LogP contribution is 2.26. The van der Waals surface area contributed by atoms with Gasteiger partial charge in [-0.1, -0.05) is 30.3 Å². The largest absolute Gasteiger partial charge is 0.487 e. The Hall–Kier alpha value is -3.16. The van der Waals surface area contributed by atoms with E-state index in [4.69, 9.17) is 9.26 Å². The molecule has 1 N–H and O–H groups in total. The number of benzene rings is 1. The smallest absolute Gasteiger partial charge is 0.256 e. The standard InChI is InChI=1S/C19H21N5O3/c1-3-6-16-21-17(27-23-16)10-24(2)19-20-14-11-26-15-8-5-4-7-12(15)9-13(14)18(25)22-19/h4-5,7-8H,3,6,9-11H2,1-2H3,(H,20,22,25). The van der Waals surface area contributed by atoms with E-state index in [0.29, 0.717) is 41.9 Å². The van der Waals surface area contributed by atoms with Crippen molar-refractivity contribution in [2.45, 2.75) is 39.3 Å². The minimum absolute atomic E-state index is 0.153. The number of H-pyrrole nitrogens is 1. The van der Waals surface area contributed by atoms with Gasteiger partial charge in [0, 0.05) is 25.5 Å². The molecule has 0 spiro atoms. The first-order valence-corrected chi connectivity index (χ1v) is 8.99. The van der Waals surface area contributed by atoms with Crippen LogP contribution in [0.1, 0.15) is 41.9 Å². The molecule has 0 fully saturated rings. The van der Waals surface area contributed by atoms with Crippen LogP contribution in [0.2, 0.25) is 0 Å². The molecule has 1 aromatic carbocycles. The zero-order chi connectivity index (χ0) is 18.8. The Bertz CT molecular complexity index is 1010. The van der Waals surface area contributed by atoms with Crippen LogP contribution in [0.25, 0.3) is 0 Å². The number of aromatic nitrogens is 4. The lowest BCUT2D eigenvalue weighted by Crippen LogP contribution is -2.26. The van der Waals surface area contributed by atoms with Crippen LogP contribution in [-0.4, -0.2) is 27.2 Å². The highest BCUT2D eigenvalue weighted by Gasteiger charge is 2.20. The molecule has 2 aromatic heterocycles. The van der Waals surface area contributed by atoms with Crippen molar-refractivity contribution >= 4 is 5.95 Å². The van der Waals surface area contributed by atoms with Crippen LogP contribution in [0.4, 0.5) is 5.95 Å². The van der Waals surface area contributed by atoms with Crippen LogP contribution in [0.15, 0.2) is 33.6 Å². The summed E-state index contributed by atoms with van der Waals surface area (Å²) in [7, 11) is 1.82. The van der Waals surface area contributed by atoms with E-state index < -0.39 is 0 Å². The SMILES string of the molecule is CCCc1noc(CN(C)c2nc3c(c(=O)[nH]2)Cc2ccccc2OC3)n1. The third-order valence-corrected chi connectivity index (χ3v) is 4.51. The van der Waals surface area contributed by atoms with Gasteiger partial charge in [0.15, 0.2) is 5.82 Å². The molecule has 3 heterocycles. The maximum atomic E-state index is 12.7. The van der Waals surface area contributed by atoms with Crippen molar-refractivity contribution in [2.24, 2.45) is 0 Å². The number of hydrogen-bond donors (Lipinski definition) is 1. The Labute approximate surface area is 156 Å². The number of anilines is 1. The minimum Gasteiger partial charge on any atom is -0.487 e. The van der Waals surface area contributed by atoms with Gasteiger partial charge < -0.3 is 14.2 Å². The van der Waals surface area contributed by atoms with E-state index in [1.807, 2.05) is 31.3 Å². The Morgan fingerprint density at radius 1 is 1.26 bits per heavy atom. The molecule has 0 unspecified atom stereocenters. The maximum absolute atomic E-state index is 12.7. The second-order valence-corrected chi connectivity index (χ2v) is 6.60. The Morgan fingerprint density at radius 3 is 2.96 bits per heavy atom. The number of rotatable bonds is 5. The van der Waals surface area contributed by atoms with Crippen molar-refractivity contribution < 1.29 is 9.26 Å². The molecule has 0 bridgehead atoms. The molecule has 0 saturated heterocycles. The van der Waals surface area contributed by atoms with E-state index in [1.165, 1.54) is 0 Å². The van der Waals surface area contributed by atoms with E-state index in [0.717, 1.165) is 24.2 Å². The second-order valence-electron chi connectivity index (χ2n) is 6.60. The summed E-state index contributed by atoms with van der Waals surface area (Å²) in [4.78, 5) is 26.3. The van der Waals surface area contributed by atoms with Crippen molar-refractivity contribution in [3.05, 3.63) is 63.2 Å². The molecule has 8 nitrogen and oxygen atoms in total. The van der Waals surface area contributed by atoms with Gasteiger partial charge in [-0.15, -0.1) is 0 Å². The molecule has 0 amide bonds. The molecule has 1 aliphatic rings. The summed E-state index contributed by atoms with van der Waals surface area (Å²) < 4.78 is 11.1. The monoisotopic (exact) mass is 367 g/mol. The molecule has 1 aliphatic heterocycles.